The Morgan fingerprint density at radius 3 is 0.644 bits per heavy atom. The highest BCUT2D eigenvalue weighted by atomic mass is 28.1. The quantitative estimate of drug-likeness (QED) is 0.218. The number of hydrogen-bond donors (Lipinski definition) is 8. The minimum Gasteiger partial charge on any atom is -0.286 e. The molecular formula is C36H68N8Si. The summed E-state index contributed by atoms with van der Waals surface area (Å²) in [6, 6.07) is 1.48. The maximum Gasteiger partial charge on any atom is 0.0628 e. The van der Waals surface area contributed by atoms with Crippen molar-refractivity contribution in [3.63, 3.8) is 0 Å². The van der Waals surface area contributed by atoms with Crippen LogP contribution < -0.4 is 42.5 Å². The van der Waals surface area contributed by atoms with Crippen molar-refractivity contribution < 1.29 is 0 Å². The van der Waals surface area contributed by atoms with Crippen LogP contribution in [-0.2, 0) is 0 Å². The lowest BCUT2D eigenvalue weighted by molar-refractivity contribution is 0.167. The molecule has 5 saturated heterocycles. The van der Waals surface area contributed by atoms with Crippen LogP contribution in [0.25, 0.3) is 0 Å². The molecule has 9 fully saturated rings. The van der Waals surface area contributed by atoms with Crippen molar-refractivity contribution >= 4 is 10.2 Å². The Morgan fingerprint density at radius 1 is 0.356 bits per heavy atom. The van der Waals surface area contributed by atoms with Gasteiger partial charge in [-0.15, -0.1) is 0 Å². The Hall–Kier alpha value is -0.103. The molecule has 45 heavy (non-hydrogen) atoms. The van der Waals surface area contributed by atoms with Gasteiger partial charge < -0.3 is 0 Å². The lowest BCUT2D eigenvalue weighted by Gasteiger charge is -2.35. The fraction of sp³-hybridized carbons (Fsp3) is 1.00. The highest BCUT2D eigenvalue weighted by Crippen LogP contribution is 2.45. The molecule has 0 radical (unpaired) electrons. The van der Waals surface area contributed by atoms with Gasteiger partial charge in [0.2, 0.25) is 0 Å². The lowest BCUT2D eigenvalue weighted by Crippen LogP contribution is -2.61. The SMILES string of the molecule is C1CCC2C3NC(NC4NC(NC5NC(NC6NC(N3)C3CCCCC63)C3CCCCC53)C3CCCCC43)C2C1.CCCC[SiH3]. The van der Waals surface area contributed by atoms with Crippen molar-refractivity contribution in [2.24, 2.45) is 47.3 Å². The Labute approximate surface area is 277 Å². The monoisotopic (exact) mass is 641 g/mol. The van der Waals surface area contributed by atoms with Crippen molar-refractivity contribution in [1.29, 1.82) is 0 Å². The highest BCUT2D eigenvalue weighted by Gasteiger charge is 2.54. The van der Waals surface area contributed by atoms with Gasteiger partial charge in [0.15, 0.2) is 0 Å². The summed E-state index contributed by atoms with van der Waals surface area (Å²) in [5.74, 6) is 5.97. The zero-order valence-electron chi connectivity index (χ0n) is 28.7. The minimum absolute atomic E-state index is 0.420. The zero-order chi connectivity index (χ0) is 30.3. The zero-order valence-corrected chi connectivity index (χ0v) is 30.7. The van der Waals surface area contributed by atoms with Crippen LogP contribution in [-0.4, -0.2) is 59.6 Å². The van der Waals surface area contributed by atoms with E-state index in [2.05, 4.69) is 49.5 Å². The van der Waals surface area contributed by atoms with Crippen molar-refractivity contribution in [3.8, 4) is 0 Å². The second kappa shape index (κ2) is 14.4. The van der Waals surface area contributed by atoms with Gasteiger partial charge >= 0.3 is 0 Å². The third-order valence-corrected chi connectivity index (χ3v) is 15.2. The molecule has 9 rings (SSSR count). The maximum absolute atomic E-state index is 4.26. The molecule has 9 heteroatoms. The van der Waals surface area contributed by atoms with Crippen LogP contribution >= 0.6 is 0 Å². The Morgan fingerprint density at radius 2 is 0.533 bits per heavy atom. The molecule has 8 unspecified atom stereocenters. The third kappa shape index (κ3) is 6.38. The van der Waals surface area contributed by atoms with Gasteiger partial charge in [0.1, 0.15) is 0 Å². The predicted octanol–water partition coefficient (Wildman–Crippen LogP) is 3.18. The van der Waals surface area contributed by atoms with Gasteiger partial charge in [0.25, 0.3) is 0 Å². The fourth-order valence-electron chi connectivity index (χ4n) is 12.3. The molecule has 9 aliphatic rings. The van der Waals surface area contributed by atoms with Crippen LogP contribution in [0.3, 0.4) is 0 Å². The minimum atomic E-state index is 0.420. The van der Waals surface area contributed by atoms with Gasteiger partial charge in [0, 0.05) is 10.2 Å². The van der Waals surface area contributed by atoms with Crippen LogP contribution in [0.15, 0.2) is 0 Å². The molecule has 5 aliphatic heterocycles. The number of nitrogens with one attached hydrogen (secondary N) is 8. The fourth-order valence-corrected chi connectivity index (χ4v) is 13.0. The molecule has 0 aromatic rings. The van der Waals surface area contributed by atoms with Gasteiger partial charge in [-0.2, -0.15) is 0 Å². The molecule has 0 amide bonds. The van der Waals surface area contributed by atoms with Crippen molar-refractivity contribution in [1.82, 2.24) is 42.5 Å². The van der Waals surface area contributed by atoms with E-state index in [1.807, 2.05) is 0 Å². The number of rotatable bonds is 2. The molecule has 4 saturated carbocycles. The summed E-state index contributed by atoms with van der Waals surface area (Å²) < 4.78 is 0. The van der Waals surface area contributed by atoms with Crippen LogP contribution in [0.2, 0.25) is 6.04 Å². The number of fused-ring (bicyclic) bond motifs is 20. The molecule has 0 spiro atoms. The summed E-state index contributed by atoms with van der Waals surface area (Å²) in [5.41, 5.74) is 0. The van der Waals surface area contributed by atoms with E-state index in [0.29, 0.717) is 49.3 Å². The molecule has 8 nitrogen and oxygen atoms in total. The summed E-state index contributed by atoms with van der Waals surface area (Å²) in [6.45, 7) is 2.23. The van der Waals surface area contributed by atoms with E-state index in [-0.39, 0.29) is 0 Å². The lowest BCUT2D eigenvalue weighted by atomic mass is 9.76. The first-order chi connectivity index (χ1) is 22.2. The van der Waals surface area contributed by atoms with Crippen LogP contribution in [0, 0.1) is 47.3 Å². The molecule has 4 aliphatic carbocycles. The predicted molar refractivity (Wildman–Crippen MR) is 187 cm³/mol. The van der Waals surface area contributed by atoms with Crippen LogP contribution in [0.1, 0.15) is 122 Å². The molecule has 8 bridgehead atoms. The van der Waals surface area contributed by atoms with E-state index < -0.39 is 0 Å². The Balaban J connectivity index is 0.000000560. The van der Waals surface area contributed by atoms with E-state index in [4.69, 9.17) is 0 Å². The van der Waals surface area contributed by atoms with Crippen molar-refractivity contribution in [3.05, 3.63) is 0 Å². The molecule has 256 valence electrons. The van der Waals surface area contributed by atoms with E-state index in [1.54, 1.807) is 0 Å². The first-order valence-electron chi connectivity index (χ1n) is 20.3. The highest BCUT2D eigenvalue weighted by molar-refractivity contribution is 6.08. The Kier molecular flexibility index (Phi) is 10.3. The molecule has 0 aromatic heterocycles. The first kappa shape index (κ1) is 32.1. The summed E-state index contributed by atoms with van der Waals surface area (Å²) in [4.78, 5) is 0. The van der Waals surface area contributed by atoms with E-state index in [1.165, 1.54) is 132 Å². The third-order valence-electron chi connectivity index (χ3n) is 14.5. The topological polar surface area (TPSA) is 96.2 Å². The van der Waals surface area contributed by atoms with Gasteiger partial charge in [-0.1, -0.05) is 77.2 Å². The van der Waals surface area contributed by atoms with Crippen molar-refractivity contribution in [2.75, 3.05) is 0 Å². The second-order valence-corrected chi connectivity index (χ2v) is 18.0. The number of unbranched alkanes of at least 4 members (excludes halogenated alkanes) is 1. The van der Waals surface area contributed by atoms with Gasteiger partial charge in [0.05, 0.1) is 49.3 Å². The first-order valence-corrected chi connectivity index (χ1v) is 21.7. The summed E-state index contributed by atoms with van der Waals surface area (Å²) in [6.07, 6.45) is 28.4. The van der Waals surface area contributed by atoms with Gasteiger partial charge in [-0.25, -0.2) is 0 Å². The number of hydrogen-bond acceptors (Lipinski definition) is 8. The van der Waals surface area contributed by atoms with Gasteiger partial charge in [-0.3, -0.25) is 42.5 Å². The average Bonchev–Trinajstić information content (AvgIpc) is 3.81. The Bertz CT molecular complexity index is 761. The van der Waals surface area contributed by atoms with Crippen molar-refractivity contribution in [2.45, 2.75) is 178 Å². The van der Waals surface area contributed by atoms with Crippen LogP contribution in [0.4, 0.5) is 0 Å². The normalized spacial score (nSPS) is 52.2. The van der Waals surface area contributed by atoms with E-state index in [0.717, 1.165) is 47.3 Å². The molecule has 8 N–H and O–H groups in total. The average molecular weight is 641 g/mol. The summed E-state index contributed by atoms with van der Waals surface area (Å²) in [7, 11) is 1.40. The van der Waals surface area contributed by atoms with Crippen LogP contribution in [0.5, 0.6) is 0 Å². The van der Waals surface area contributed by atoms with E-state index in [9.17, 15) is 0 Å². The second-order valence-electron chi connectivity index (χ2n) is 17.0. The summed E-state index contributed by atoms with van der Waals surface area (Å²) in [5, 5.41) is 33.8. The smallest absolute Gasteiger partial charge is 0.0628 e. The molecule has 0 aromatic carbocycles. The van der Waals surface area contributed by atoms with E-state index >= 15 is 0 Å². The molecule has 8 atom stereocenters. The van der Waals surface area contributed by atoms with Gasteiger partial charge in [-0.05, 0) is 98.7 Å². The largest absolute Gasteiger partial charge is 0.286 e. The summed E-state index contributed by atoms with van der Waals surface area (Å²) >= 11 is 0. The molecular weight excluding hydrogens is 573 g/mol. The maximum atomic E-state index is 4.26. The molecule has 5 heterocycles. The standard InChI is InChI=1S/C32H56N8.C4H12Si/c1-2-10-18-17(9-1)25-33-26(18)38-28-21-13-5-6-14-22(21)30(35-28)40-32-24-16-8-7-15-23(24)31(36-32)39-29-20-12-4-3-11-19(20)27(34-29)37-25;1-2-3-4-5/h17-40H,1-16H2;2-4H2,1,5H3.